The van der Waals surface area contributed by atoms with Gasteiger partial charge in [0.05, 0.1) is 12.8 Å². The maximum atomic E-state index is 11.4. The predicted octanol–water partition coefficient (Wildman–Crippen LogP) is 2.08. The Morgan fingerprint density at radius 2 is 2.13 bits per heavy atom. The molecular weight excluding hydrogens is 212 g/mol. The number of esters is 1. The molecule has 1 heterocycles. The Morgan fingerprint density at radius 1 is 1.53 bits per heavy atom. The molecule has 1 rings (SSSR count). The van der Waals surface area contributed by atoms with Crippen molar-refractivity contribution < 1.29 is 9.53 Å². The number of nitrogens with zero attached hydrogens (tertiary/aromatic N) is 2. The van der Waals surface area contributed by atoms with Crippen LogP contribution in [0.2, 0.25) is 0 Å². The molecule has 0 saturated carbocycles. The summed E-state index contributed by atoms with van der Waals surface area (Å²) in [6.45, 7) is 5.98. The summed E-state index contributed by atoms with van der Waals surface area (Å²) in [5.41, 5.74) is 0.731. The number of ether oxygens (including phenoxy) is 1. The highest BCUT2D eigenvalue weighted by Crippen LogP contribution is 2.26. The van der Waals surface area contributed by atoms with E-state index in [1.165, 1.54) is 18.4 Å². The van der Waals surface area contributed by atoms with Crippen LogP contribution >= 0.6 is 11.3 Å². The molecule has 4 nitrogen and oxygen atoms in total. The molecule has 0 bridgehead atoms. The zero-order chi connectivity index (χ0) is 11.6. The number of rotatable bonds is 3. The molecule has 1 aromatic heterocycles. The molecule has 0 aliphatic heterocycles. The number of hydrogen-bond donors (Lipinski definition) is 0. The largest absolute Gasteiger partial charge is 0.465 e. The van der Waals surface area contributed by atoms with Gasteiger partial charge in [-0.2, -0.15) is 0 Å². The van der Waals surface area contributed by atoms with Crippen molar-refractivity contribution >= 4 is 22.4 Å². The highest BCUT2D eigenvalue weighted by molar-refractivity contribution is 7.17. The van der Waals surface area contributed by atoms with E-state index >= 15 is 0 Å². The van der Waals surface area contributed by atoms with Gasteiger partial charge in [0.2, 0.25) is 0 Å². The second kappa shape index (κ2) is 4.61. The SMILES string of the molecule is COC(=O)c1sc(N(C)C(C)C)nc1C. The Bertz CT molecular complexity index is 360. The van der Waals surface area contributed by atoms with Crippen LogP contribution in [-0.4, -0.2) is 31.2 Å². The van der Waals surface area contributed by atoms with Crippen molar-refractivity contribution in [3.63, 3.8) is 0 Å². The lowest BCUT2D eigenvalue weighted by Crippen LogP contribution is -2.25. The van der Waals surface area contributed by atoms with Gasteiger partial charge < -0.3 is 9.64 Å². The van der Waals surface area contributed by atoms with Gasteiger partial charge in [0.1, 0.15) is 4.88 Å². The fourth-order valence-corrected chi connectivity index (χ4v) is 2.12. The van der Waals surface area contributed by atoms with E-state index in [2.05, 4.69) is 23.6 Å². The molecule has 0 radical (unpaired) electrons. The Morgan fingerprint density at radius 3 is 2.60 bits per heavy atom. The number of methoxy groups -OCH3 is 1. The van der Waals surface area contributed by atoms with Gasteiger partial charge in [0.25, 0.3) is 0 Å². The smallest absolute Gasteiger partial charge is 0.350 e. The molecule has 0 N–H and O–H groups in total. The Labute approximate surface area is 93.9 Å². The minimum Gasteiger partial charge on any atom is -0.465 e. The number of carbonyl (C=O) groups is 1. The first-order chi connectivity index (χ1) is 6.97. The van der Waals surface area contributed by atoms with Crippen molar-refractivity contribution in [2.75, 3.05) is 19.1 Å². The molecule has 0 aromatic carbocycles. The summed E-state index contributed by atoms with van der Waals surface area (Å²) in [5, 5.41) is 0.850. The molecule has 0 spiro atoms. The van der Waals surface area contributed by atoms with Crippen LogP contribution in [0.4, 0.5) is 5.13 Å². The highest BCUT2D eigenvalue weighted by atomic mass is 32.1. The lowest BCUT2D eigenvalue weighted by atomic mass is 10.4. The van der Waals surface area contributed by atoms with Crippen LogP contribution in [-0.2, 0) is 4.74 Å². The third-order valence-corrected chi connectivity index (χ3v) is 3.46. The van der Waals surface area contributed by atoms with Crippen LogP contribution in [0.3, 0.4) is 0 Å². The first-order valence-corrected chi connectivity index (χ1v) is 5.57. The van der Waals surface area contributed by atoms with Crippen molar-refractivity contribution in [3.8, 4) is 0 Å². The second-order valence-corrected chi connectivity index (χ2v) is 4.58. The number of carbonyl (C=O) groups excluding carboxylic acids is 1. The summed E-state index contributed by atoms with van der Waals surface area (Å²) >= 11 is 1.37. The zero-order valence-electron chi connectivity index (χ0n) is 9.70. The Hall–Kier alpha value is -1.10. The van der Waals surface area contributed by atoms with Crippen molar-refractivity contribution in [2.24, 2.45) is 0 Å². The maximum absolute atomic E-state index is 11.4. The second-order valence-electron chi connectivity index (χ2n) is 3.61. The van der Waals surface area contributed by atoms with Gasteiger partial charge >= 0.3 is 5.97 Å². The molecule has 15 heavy (non-hydrogen) atoms. The highest BCUT2D eigenvalue weighted by Gasteiger charge is 2.18. The van der Waals surface area contributed by atoms with E-state index in [1.807, 2.05) is 18.9 Å². The molecule has 5 heteroatoms. The molecule has 0 aliphatic rings. The number of aryl methyl sites for hydroxylation is 1. The van der Waals surface area contributed by atoms with Gasteiger partial charge in [-0.15, -0.1) is 0 Å². The number of hydrogen-bond acceptors (Lipinski definition) is 5. The van der Waals surface area contributed by atoms with Crippen molar-refractivity contribution in [1.82, 2.24) is 4.98 Å². The molecule has 0 amide bonds. The van der Waals surface area contributed by atoms with E-state index in [4.69, 9.17) is 0 Å². The summed E-state index contributed by atoms with van der Waals surface area (Å²) in [4.78, 5) is 18.3. The average molecular weight is 228 g/mol. The maximum Gasteiger partial charge on any atom is 0.350 e. The summed E-state index contributed by atoms with van der Waals surface area (Å²) in [6.07, 6.45) is 0. The summed E-state index contributed by atoms with van der Waals surface area (Å²) in [6, 6.07) is 0.362. The first-order valence-electron chi connectivity index (χ1n) is 4.76. The molecular formula is C10H16N2O2S. The van der Waals surface area contributed by atoms with Crippen LogP contribution in [0.15, 0.2) is 0 Å². The fraction of sp³-hybridized carbons (Fsp3) is 0.600. The topological polar surface area (TPSA) is 42.4 Å². The lowest BCUT2D eigenvalue weighted by Gasteiger charge is -2.19. The van der Waals surface area contributed by atoms with E-state index in [9.17, 15) is 4.79 Å². The van der Waals surface area contributed by atoms with Crippen molar-refractivity contribution in [1.29, 1.82) is 0 Å². The summed E-state index contributed by atoms with van der Waals surface area (Å²) in [7, 11) is 3.34. The summed E-state index contributed by atoms with van der Waals surface area (Å²) in [5.74, 6) is -0.312. The van der Waals surface area contributed by atoms with Crippen LogP contribution in [0, 0.1) is 6.92 Å². The number of thiazole rings is 1. The summed E-state index contributed by atoms with van der Waals surface area (Å²) < 4.78 is 4.68. The quantitative estimate of drug-likeness (QED) is 0.743. The predicted molar refractivity (Wildman–Crippen MR) is 61.7 cm³/mol. The average Bonchev–Trinajstić information content (AvgIpc) is 2.57. The molecule has 84 valence electrons. The van der Waals surface area contributed by atoms with E-state index < -0.39 is 0 Å². The van der Waals surface area contributed by atoms with Gasteiger partial charge in [0.15, 0.2) is 5.13 Å². The van der Waals surface area contributed by atoms with E-state index in [0.717, 1.165) is 10.8 Å². The van der Waals surface area contributed by atoms with Crippen molar-refractivity contribution in [2.45, 2.75) is 26.8 Å². The van der Waals surface area contributed by atoms with Crippen LogP contribution in [0.1, 0.15) is 29.2 Å². The number of anilines is 1. The van der Waals surface area contributed by atoms with Gasteiger partial charge in [-0.3, -0.25) is 0 Å². The van der Waals surface area contributed by atoms with Gasteiger partial charge in [-0.1, -0.05) is 11.3 Å². The molecule has 0 fully saturated rings. The van der Waals surface area contributed by atoms with E-state index in [0.29, 0.717) is 10.9 Å². The van der Waals surface area contributed by atoms with Crippen LogP contribution in [0.25, 0.3) is 0 Å². The fourth-order valence-electron chi connectivity index (χ4n) is 1.04. The molecule has 0 atom stereocenters. The molecule has 0 unspecified atom stereocenters. The monoisotopic (exact) mass is 228 g/mol. The minimum absolute atomic E-state index is 0.312. The molecule has 0 aliphatic carbocycles. The third kappa shape index (κ3) is 2.47. The van der Waals surface area contributed by atoms with E-state index in [-0.39, 0.29) is 5.97 Å². The number of aromatic nitrogens is 1. The zero-order valence-corrected chi connectivity index (χ0v) is 10.5. The Balaban J connectivity index is 3.00. The molecule has 0 saturated heterocycles. The normalized spacial score (nSPS) is 10.5. The standard InChI is InChI=1S/C10H16N2O2S/c1-6(2)12(4)10-11-7(3)8(15-10)9(13)14-5/h6H,1-5H3. The third-order valence-electron chi connectivity index (χ3n) is 2.23. The Kier molecular flexibility index (Phi) is 3.68. The van der Waals surface area contributed by atoms with Gasteiger partial charge in [-0.05, 0) is 20.8 Å². The minimum atomic E-state index is -0.312. The lowest BCUT2D eigenvalue weighted by molar-refractivity contribution is 0.0605. The van der Waals surface area contributed by atoms with Gasteiger partial charge in [0, 0.05) is 13.1 Å². The first kappa shape index (κ1) is 12.0. The molecule has 1 aromatic rings. The van der Waals surface area contributed by atoms with E-state index in [1.54, 1.807) is 0 Å². The van der Waals surface area contributed by atoms with Crippen LogP contribution < -0.4 is 4.90 Å². The van der Waals surface area contributed by atoms with Crippen molar-refractivity contribution in [3.05, 3.63) is 10.6 Å². The van der Waals surface area contributed by atoms with Gasteiger partial charge in [-0.25, -0.2) is 9.78 Å². The van der Waals surface area contributed by atoms with Crippen LogP contribution in [0.5, 0.6) is 0 Å².